The summed E-state index contributed by atoms with van der Waals surface area (Å²) >= 11 is 6.14. The molecule has 3 aromatic rings. The van der Waals surface area contributed by atoms with Gasteiger partial charge in [-0.15, -0.1) is 0 Å². The molecule has 0 saturated carbocycles. The molecule has 6 heteroatoms. The van der Waals surface area contributed by atoms with Crippen LogP contribution in [0.3, 0.4) is 0 Å². The third-order valence-electron chi connectivity index (χ3n) is 4.85. The van der Waals surface area contributed by atoms with Gasteiger partial charge in [0, 0.05) is 17.4 Å². The number of fused-ring (bicyclic) bond motifs is 1. The third kappa shape index (κ3) is 3.98. The van der Waals surface area contributed by atoms with Crippen molar-refractivity contribution in [2.45, 2.75) is 25.3 Å². The monoisotopic (exact) mass is 380 g/mol. The van der Waals surface area contributed by atoms with E-state index in [1.54, 1.807) is 10.9 Å². The Labute approximate surface area is 163 Å². The molecule has 1 heterocycles. The Bertz CT molecular complexity index is 939. The van der Waals surface area contributed by atoms with Gasteiger partial charge in [0.1, 0.15) is 0 Å². The van der Waals surface area contributed by atoms with Crippen molar-refractivity contribution in [1.82, 2.24) is 15.1 Å². The molecule has 2 N–H and O–H groups in total. The fraction of sp³-hybridized carbons (Fsp3) is 0.238. The predicted molar refractivity (Wildman–Crippen MR) is 107 cm³/mol. The van der Waals surface area contributed by atoms with E-state index in [1.165, 1.54) is 11.1 Å². The fourth-order valence-electron chi connectivity index (χ4n) is 3.59. The summed E-state index contributed by atoms with van der Waals surface area (Å²) in [6.45, 7) is 0.174. The normalized spacial score (nSPS) is 15.8. The summed E-state index contributed by atoms with van der Waals surface area (Å²) in [5, 5.41) is 11.2. The molecular formula is C21H21ClN4O. The number of nitrogens with zero attached hydrogens (tertiary/aromatic N) is 2. The largest absolute Gasteiger partial charge is 0.374 e. The number of aryl methyl sites for hydroxylation is 1. The molecule has 1 aliphatic carbocycles. The van der Waals surface area contributed by atoms with Gasteiger partial charge in [-0.25, -0.2) is 4.68 Å². The number of rotatable bonds is 5. The van der Waals surface area contributed by atoms with Gasteiger partial charge < -0.3 is 10.6 Å². The van der Waals surface area contributed by atoms with Gasteiger partial charge in [-0.05, 0) is 54.7 Å². The van der Waals surface area contributed by atoms with Crippen LogP contribution in [0, 0.1) is 0 Å². The highest BCUT2D eigenvalue weighted by Crippen LogP contribution is 2.29. The second-order valence-electron chi connectivity index (χ2n) is 6.68. The van der Waals surface area contributed by atoms with Crippen LogP contribution < -0.4 is 10.6 Å². The summed E-state index contributed by atoms with van der Waals surface area (Å²) in [6.07, 6.45) is 6.71. The van der Waals surface area contributed by atoms with Gasteiger partial charge in [-0.3, -0.25) is 4.79 Å². The van der Waals surface area contributed by atoms with Gasteiger partial charge in [0.15, 0.2) is 0 Å². The summed E-state index contributed by atoms with van der Waals surface area (Å²) in [5.41, 5.74) is 4.18. The van der Waals surface area contributed by atoms with Crippen molar-refractivity contribution in [1.29, 1.82) is 0 Å². The Kier molecular flexibility index (Phi) is 5.12. The maximum atomic E-state index is 12.5. The molecular weight excluding hydrogens is 360 g/mol. The minimum absolute atomic E-state index is 0.0388. The van der Waals surface area contributed by atoms with Crippen molar-refractivity contribution >= 4 is 23.2 Å². The maximum Gasteiger partial charge on any atom is 0.239 e. The van der Waals surface area contributed by atoms with Crippen molar-refractivity contribution in [2.24, 2.45) is 0 Å². The number of amides is 1. The fourth-order valence-corrected chi connectivity index (χ4v) is 3.76. The molecule has 0 saturated heterocycles. The molecule has 1 aromatic heterocycles. The molecule has 0 aliphatic heterocycles. The van der Waals surface area contributed by atoms with E-state index in [-0.39, 0.29) is 18.5 Å². The van der Waals surface area contributed by atoms with Crippen LogP contribution in [-0.4, -0.2) is 22.2 Å². The number of halogens is 1. The Hall–Kier alpha value is -2.79. The summed E-state index contributed by atoms with van der Waals surface area (Å²) in [6, 6.07) is 15.8. The zero-order valence-electron chi connectivity index (χ0n) is 14.9. The highest BCUT2D eigenvalue weighted by Gasteiger charge is 2.21. The van der Waals surface area contributed by atoms with Crippen molar-refractivity contribution < 1.29 is 4.79 Å². The molecule has 0 bridgehead atoms. The Balaban J connectivity index is 1.44. The molecule has 0 radical (unpaired) electrons. The van der Waals surface area contributed by atoms with Crippen LogP contribution >= 0.6 is 11.6 Å². The average molecular weight is 381 g/mol. The van der Waals surface area contributed by atoms with E-state index >= 15 is 0 Å². The van der Waals surface area contributed by atoms with Gasteiger partial charge in [0.05, 0.1) is 24.0 Å². The molecule has 1 amide bonds. The number of carbonyl (C=O) groups is 1. The Morgan fingerprint density at radius 2 is 2.11 bits per heavy atom. The number of carbonyl (C=O) groups excluding carboxylic acids is 1. The number of hydrogen-bond donors (Lipinski definition) is 2. The van der Waals surface area contributed by atoms with E-state index in [1.807, 2.05) is 36.5 Å². The number of nitrogens with one attached hydrogen (secondary N) is 2. The first-order valence-corrected chi connectivity index (χ1v) is 9.49. The van der Waals surface area contributed by atoms with Crippen LogP contribution in [0.1, 0.15) is 30.0 Å². The number of hydrogen-bond acceptors (Lipinski definition) is 3. The highest BCUT2D eigenvalue weighted by atomic mass is 35.5. The standard InChI is InChI=1S/C21H21ClN4O/c22-16-9-10-20(26-12-4-11-24-26)19(13-16)23-14-21(27)25-18-8-3-6-15-5-1-2-7-17(15)18/h1-2,4-5,7,9-13,18,23H,3,6,8,14H2,(H,25,27). The number of benzene rings is 2. The third-order valence-corrected chi connectivity index (χ3v) is 5.09. The van der Waals surface area contributed by atoms with Gasteiger partial charge >= 0.3 is 0 Å². The topological polar surface area (TPSA) is 59.0 Å². The minimum Gasteiger partial charge on any atom is -0.374 e. The van der Waals surface area contributed by atoms with Gasteiger partial charge in [-0.2, -0.15) is 5.10 Å². The van der Waals surface area contributed by atoms with Crippen LogP contribution in [0.15, 0.2) is 60.9 Å². The van der Waals surface area contributed by atoms with E-state index in [4.69, 9.17) is 11.6 Å². The lowest BCUT2D eigenvalue weighted by Crippen LogP contribution is -2.35. The lowest BCUT2D eigenvalue weighted by molar-refractivity contribution is -0.120. The first-order chi connectivity index (χ1) is 13.2. The lowest BCUT2D eigenvalue weighted by Gasteiger charge is -2.26. The molecule has 138 valence electrons. The minimum atomic E-state index is -0.0388. The van der Waals surface area contributed by atoms with Crippen LogP contribution in [-0.2, 0) is 11.2 Å². The zero-order valence-corrected chi connectivity index (χ0v) is 15.6. The van der Waals surface area contributed by atoms with E-state index in [0.29, 0.717) is 5.02 Å². The maximum absolute atomic E-state index is 12.5. The number of anilines is 1. The lowest BCUT2D eigenvalue weighted by atomic mass is 9.88. The molecule has 1 aliphatic rings. The zero-order chi connectivity index (χ0) is 18.6. The Morgan fingerprint density at radius 3 is 2.96 bits per heavy atom. The quantitative estimate of drug-likeness (QED) is 0.699. The summed E-state index contributed by atoms with van der Waals surface area (Å²) < 4.78 is 1.74. The van der Waals surface area contributed by atoms with Crippen molar-refractivity contribution in [3.05, 3.63) is 77.1 Å². The average Bonchev–Trinajstić information content (AvgIpc) is 3.21. The SMILES string of the molecule is O=C(CNc1cc(Cl)ccc1-n1cccn1)NC1CCCc2ccccc21. The summed E-state index contributed by atoms with van der Waals surface area (Å²) in [4.78, 5) is 12.5. The van der Waals surface area contributed by atoms with E-state index in [2.05, 4.69) is 33.9 Å². The molecule has 1 atom stereocenters. The summed E-state index contributed by atoms with van der Waals surface area (Å²) in [5.74, 6) is -0.0388. The number of aromatic nitrogens is 2. The second-order valence-corrected chi connectivity index (χ2v) is 7.11. The van der Waals surface area contributed by atoms with Gasteiger partial charge in [0.2, 0.25) is 5.91 Å². The molecule has 0 fully saturated rings. The first kappa shape index (κ1) is 17.6. The van der Waals surface area contributed by atoms with Gasteiger partial charge in [0.25, 0.3) is 0 Å². The van der Waals surface area contributed by atoms with Crippen molar-refractivity contribution in [3.63, 3.8) is 0 Å². The van der Waals surface area contributed by atoms with E-state index in [0.717, 1.165) is 30.6 Å². The second kappa shape index (κ2) is 7.84. The smallest absolute Gasteiger partial charge is 0.239 e. The van der Waals surface area contributed by atoms with Crippen LogP contribution in [0.25, 0.3) is 5.69 Å². The van der Waals surface area contributed by atoms with Crippen LogP contribution in [0.5, 0.6) is 0 Å². The molecule has 27 heavy (non-hydrogen) atoms. The molecule has 1 unspecified atom stereocenters. The molecule has 5 nitrogen and oxygen atoms in total. The van der Waals surface area contributed by atoms with Gasteiger partial charge in [-0.1, -0.05) is 35.9 Å². The summed E-state index contributed by atoms with van der Waals surface area (Å²) in [7, 11) is 0. The highest BCUT2D eigenvalue weighted by molar-refractivity contribution is 6.31. The van der Waals surface area contributed by atoms with Crippen LogP contribution in [0.2, 0.25) is 5.02 Å². The van der Waals surface area contributed by atoms with Crippen molar-refractivity contribution in [3.8, 4) is 5.69 Å². The predicted octanol–water partition coefficient (Wildman–Crippen LogP) is 4.13. The molecule has 2 aromatic carbocycles. The van der Waals surface area contributed by atoms with Crippen molar-refractivity contribution in [2.75, 3.05) is 11.9 Å². The van der Waals surface area contributed by atoms with Crippen LogP contribution in [0.4, 0.5) is 5.69 Å². The van der Waals surface area contributed by atoms with E-state index in [9.17, 15) is 4.79 Å². The first-order valence-electron chi connectivity index (χ1n) is 9.11. The van der Waals surface area contributed by atoms with E-state index < -0.39 is 0 Å². The molecule has 0 spiro atoms. The Morgan fingerprint density at radius 1 is 1.22 bits per heavy atom. The molecule has 4 rings (SSSR count).